The van der Waals surface area contributed by atoms with Gasteiger partial charge >= 0.3 is 0 Å². The summed E-state index contributed by atoms with van der Waals surface area (Å²) in [5.74, 6) is -0.171. The average Bonchev–Trinajstić information content (AvgIpc) is 3.27. The molecule has 5 aromatic rings. The van der Waals surface area contributed by atoms with Crippen LogP contribution in [0.3, 0.4) is 0 Å². The number of carbonyl (C=O) groups excluding carboxylic acids is 1. The lowest BCUT2D eigenvalue weighted by Gasteiger charge is -2.21. The molecule has 0 unspecified atom stereocenters. The van der Waals surface area contributed by atoms with E-state index in [1.54, 1.807) is 24.1 Å². The maximum atomic E-state index is 14.3. The molecule has 4 nitrogen and oxygen atoms in total. The van der Waals surface area contributed by atoms with Gasteiger partial charge in [-0.1, -0.05) is 72.0 Å². The van der Waals surface area contributed by atoms with Gasteiger partial charge in [-0.3, -0.25) is 9.69 Å². The molecule has 6 heteroatoms. The van der Waals surface area contributed by atoms with Crippen LogP contribution in [0.5, 0.6) is 5.75 Å². The first-order valence-electron chi connectivity index (χ1n) is 10.1. The Morgan fingerprint density at radius 2 is 1.69 bits per heavy atom. The molecule has 0 N–H and O–H groups in total. The van der Waals surface area contributed by atoms with Crippen molar-refractivity contribution in [3.05, 3.63) is 102 Å². The van der Waals surface area contributed by atoms with Gasteiger partial charge in [0.1, 0.15) is 17.1 Å². The summed E-state index contributed by atoms with van der Waals surface area (Å²) in [7, 11) is 1.55. The zero-order chi connectivity index (χ0) is 22.1. The molecule has 0 aliphatic heterocycles. The van der Waals surface area contributed by atoms with Crippen molar-refractivity contribution in [2.75, 3.05) is 12.0 Å². The van der Waals surface area contributed by atoms with Crippen LogP contribution in [0.1, 0.15) is 15.9 Å². The summed E-state index contributed by atoms with van der Waals surface area (Å²) in [5, 5.41) is 2.36. The number of benzene rings is 4. The number of ether oxygens (including phenoxy) is 1. The SMILES string of the molecule is COc1cc2ccccc2cc1C(=O)N(Cc1ccccc1)c1nc2c(F)cccc2s1. The number of hydrogen-bond donors (Lipinski definition) is 0. The Labute approximate surface area is 188 Å². The molecule has 0 atom stereocenters. The predicted molar refractivity (Wildman–Crippen MR) is 127 cm³/mol. The van der Waals surface area contributed by atoms with E-state index >= 15 is 0 Å². The third kappa shape index (κ3) is 3.69. The van der Waals surface area contributed by atoms with Crippen molar-refractivity contribution >= 4 is 43.4 Å². The summed E-state index contributed by atoms with van der Waals surface area (Å²) < 4.78 is 20.6. The Balaban J connectivity index is 1.65. The molecule has 0 aliphatic rings. The predicted octanol–water partition coefficient (Wildman–Crippen LogP) is 6.44. The molecule has 32 heavy (non-hydrogen) atoms. The summed E-state index contributed by atoms with van der Waals surface area (Å²) in [5.41, 5.74) is 1.64. The van der Waals surface area contributed by atoms with E-state index in [2.05, 4.69) is 4.98 Å². The number of rotatable bonds is 5. The number of aromatic nitrogens is 1. The zero-order valence-electron chi connectivity index (χ0n) is 17.3. The fraction of sp³-hybridized carbons (Fsp3) is 0.0769. The van der Waals surface area contributed by atoms with Gasteiger partial charge < -0.3 is 4.74 Å². The highest BCUT2D eigenvalue weighted by atomic mass is 32.1. The molecule has 1 heterocycles. The first-order valence-corrected chi connectivity index (χ1v) is 10.9. The summed E-state index contributed by atoms with van der Waals surface area (Å²) in [6, 6.07) is 26.0. The smallest absolute Gasteiger partial charge is 0.264 e. The van der Waals surface area contributed by atoms with E-state index in [4.69, 9.17) is 4.74 Å². The molecule has 0 saturated heterocycles. The van der Waals surface area contributed by atoms with Crippen LogP contribution in [0.15, 0.2) is 84.9 Å². The van der Waals surface area contributed by atoms with Gasteiger partial charge in [-0.15, -0.1) is 0 Å². The van der Waals surface area contributed by atoms with Crippen molar-refractivity contribution in [3.8, 4) is 5.75 Å². The Hall–Kier alpha value is -3.77. The minimum atomic E-state index is -0.402. The van der Waals surface area contributed by atoms with Gasteiger partial charge in [-0.25, -0.2) is 9.37 Å². The number of amides is 1. The van der Waals surface area contributed by atoms with Gasteiger partial charge in [-0.2, -0.15) is 0 Å². The van der Waals surface area contributed by atoms with Crippen molar-refractivity contribution in [2.24, 2.45) is 0 Å². The summed E-state index contributed by atoms with van der Waals surface area (Å²) in [4.78, 5) is 19.9. The molecule has 4 aromatic carbocycles. The minimum Gasteiger partial charge on any atom is -0.496 e. The summed E-state index contributed by atoms with van der Waals surface area (Å²) in [6.45, 7) is 0.303. The van der Waals surface area contributed by atoms with Crippen molar-refractivity contribution < 1.29 is 13.9 Å². The molecule has 0 saturated carbocycles. The maximum absolute atomic E-state index is 14.3. The van der Waals surface area contributed by atoms with Crippen LogP contribution in [0, 0.1) is 5.82 Å². The first-order chi connectivity index (χ1) is 15.6. The van der Waals surface area contributed by atoms with Crippen LogP contribution in [-0.4, -0.2) is 18.0 Å². The highest BCUT2D eigenvalue weighted by molar-refractivity contribution is 7.22. The molecular weight excluding hydrogens is 423 g/mol. The first kappa shape index (κ1) is 20.2. The number of methoxy groups -OCH3 is 1. The maximum Gasteiger partial charge on any atom is 0.264 e. The van der Waals surface area contributed by atoms with Crippen LogP contribution in [0.4, 0.5) is 9.52 Å². The topological polar surface area (TPSA) is 42.4 Å². The van der Waals surface area contributed by atoms with E-state index in [-0.39, 0.29) is 11.4 Å². The number of thiazole rings is 1. The Bertz CT molecular complexity index is 1430. The number of anilines is 1. The van der Waals surface area contributed by atoms with Crippen molar-refractivity contribution in [3.63, 3.8) is 0 Å². The van der Waals surface area contributed by atoms with Crippen LogP contribution in [0.2, 0.25) is 0 Å². The van der Waals surface area contributed by atoms with E-state index < -0.39 is 5.82 Å². The summed E-state index contributed by atoms with van der Waals surface area (Å²) in [6.07, 6.45) is 0. The molecule has 0 bridgehead atoms. The number of halogens is 1. The number of hydrogen-bond acceptors (Lipinski definition) is 4. The van der Waals surface area contributed by atoms with E-state index in [1.165, 1.54) is 17.4 Å². The normalized spacial score (nSPS) is 11.1. The zero-order valence-corrected chi connectivity index (χ0v) is 18.1. The number of nitrogens with zero attached hydrogens (tertiary/aromatic N) is 2. The van der Waals surface area contributed by atoms with Gasteiger partial charge in [0.25, 0.3) is 5.91 Å². The van der Waals surface area contributed by atoms with Crippen LogP contribution in [0.25, 0.3) is 21.0 Å². The molecule has 1 amide bonds. The van der Waals surface area contributed by atoms with Gasteiger partial charge in [0.15, 0.2) is 5.13 Å². The number of carbonyl (C=O) groups is 1. The van der Waals surface area contributed by atoms with E-state index in [0.29, 0.717) is 27.7 Å². The highest BCUT2D eigenvalue weighted by Crippen LogP contribution is 2.34. The molecule has 158 valence electrons. The third-order valence-corrected chi connectivity index (χ3v) is 6.36. The largest absolute Gasteiger partial charge is 0.496 e. The molecule has 1 aromatic heterocycles. The van der Waals surface area contributed by atoms with Gasteiger partial charge in [0, 0.05) is 0 Å². The molecular formula is C26H19FN2O2S. The van der Waals surface area contributed by atoms with E-state index in [0.717, 1.165) is 16.3 Å². The molecule has 0 spiro atoms. The van der Waals surface area contributed by atoms with Crippen molar-refractivity contribution in [1.29, 1.82) is 0 Å². The average molecular weight is 443 g/mol. The van der Waals surface area contributed by atoms with E-state index in [1.807, 2.05) is 66.7 Å². The minimum absolute atomic E-state index is 0.254. The number of fused-ring (bicyclic) bond motifs is 2. The lowest BCUT2D eigenvalue weighted by molar-refractivity contribution is 0.0982. The lowest BCUT2D eigenvalue weighted by atomic mass is 10.0. The van der Waals surface area contributed by atoms with Gasteiger partial charge in [-0.05, 0) is 40.6 Å². The fourth-order valence-electron chi connectivity index (χ4n) is 3.71. The highest BCUT2D eigenvalue weighted by Gasteiger charge is 2.25. The van der Waals surface area contributed by atoms with Gasteiger partial charge in [0.05, 0.1) is 23.9 Å². The van der Waals surface area contributed by atoms with Crippen LogP contribution in [-0.2, 0) is 6.54 Å². The monoisotopic (exact) mass is 442 g/mol. The Morgan fingerprint density at radius 1 is 0.969 bits per heavy atom. The fourth-order valence-corrected chi connectivity index (χ4v) is 4.69. The standard InChI is InChI=1S/C26H19FN2O2S/c1-31-22-15-19-11-6-5-10-18(19)14-20(22)25(30)29(16-17-8-3-2-4-9-17)26-28-24-21(27)12-7-13-23(24)32-26/h2-15H,16H2,1H3. The van der Waals surface area contributed by atoms with Crippen LogP contribution >= 0.6 is 11.3 Å². The molecule has 0 radical (unpaired) electrons. The number of para-hydroxylation sites is 1. The van der Waals surface area contributed by atoms with Crippen molar-refractivity contribution in [2.45, 2.75) is 6.54 Å². The van der Waals surface area contributed by atoms with Gasteiger partial charge in [0.2, 0.25) is 0 Å². The molecule has 0 aliphatic carbocycles. The Morgan fingerprint density at radius 3 is 2.41 bits per heavy atom. The third-order valence-electron chi connectivity index (χ3n) is 5.32. The second-order valence-electron chi connectivity index (χ2n) is 7.36. The quantitative estimate of drug-likeness (QED) is 0.314. The second kappa shape index (κ2) is 8.40. The molecule has 5 rings (SSSR count). The molecule has 0 fully saturated rings. The van der Waals surface area contributed by atoms with E-state index in [9.17, 15) is 9.18 Å². The second-order valence-corrected chi connectivity index (χ2v) is 8.37. The van der Waals surface area contributed by atoms with Crippen LogP contribution < -0.4 is 9.64 Å². The summed E-state index contributed by atoms with van der Waals surface area (Å²) >= 11 is 1.29. The Kier molecular flexibility index (Phi) is 5.29. The van der Waals surface area contributed by atoms with Crippen molar-refractivity contribution in [1.82, 2.24) is 4.98 Å². The lowest BCUT2D eigenvalue weighted by Crippen LogP contribution is -2.30.